The largest absolute Gasteiger partial charge is 0.474 e. The van der Waals surface area contributed by atoms with E-state index in [-0.39, 0.29) is 0 Å². The third-order valence-corrected chi connectivity index (χ3v) is 8.43. The monoisotopic (exact) mass is 254 g/mol. The highest BCUT2D eigenvalue weighted by Crippen LogP contribution is 2.25. The number of rotatable bonds is 7. The van der Waals surface area contributed by atoms with Crippen LogP contribution in [0, 0.1) is 11.8 Å². The van der Waals surface area contributed by atoms with Gasteiger partial charge in [0.25, 0.3) is 0 Å². The third kappa shape index (κ3) is 4.00. The fraction of sp³-hybridized carbons (Fsp3) is 0.714. The maximum absolute atomic E-state index is 5.74. The lowest BCUT2D eigenvalue weighted by Crippen LogP contribution is -2.53. The Labute approximate surface area is 106 Å². The van der Waals surface area contributed by atoms with Gasteiger partial charge in [-0.25, -0.2) is 0 Å². The van der Waals surface area contributed by atoms with Crippen LogP contribution in [0.5, 0.6) is 0 Å². The summed E-state index contributed by atoms with van der Waals surface area (Å²) in [6.07, 6.45) is 2.67. The first-order valence-electron chi connectivity index (χ1n) is 6.53. The second-order valence-corrected chi connectivity index (χ2v) is 10.0. The van der Waals surface area contributed by atoms with Crippen LogP contribution in [-0.2, 0) is 4.74 Å². The Bertz CT molecular complexity index is 294. The first-order valence-corrected chi connectivity index (χ1v) is 9.15. The van der Waals surface area contributed by atoms with Gasteiger partial charge >= 0.3 is 0 Å². The topological polar surface area (TPSA) is 22.4 Å². The van der Waals surface area contributed by atoms with Crippen LogP contribution in [0.25, 0.3) is 0 Å². The van der Waals surface area contributed by atoms with Gasteiger partial charge in [-0.15, -0.1) is 0 Å². The zero-order valence-electron chi connectivity index (χ0n) is 11.8. The van der Waals surface area contributed by atoms with E-state index in [4.69, 9.17) is 9.15 Å². The van der Waals surface area contributed by atoms with E-state index >= 15 is 0 Å². The van der Waals surface area contributed by atoms with Crippen molar-refractivity contribution in [3.05, 3.63) is 18.4 Å². The summed E-state index contributed by atoms with van der Waals surface area (Å²) >= 11 is 0. The second-order valence-electron chi connectivity index (χ2n) is 5.89. The minimum absolute atomic E-state index is 0.695. The van der Waals surface area contributed by atoms with Crippen molar-refractivity contribution in [1.82, 2.24) is 0 Å². The van der Waals surface area contributed by atoms with Gasteiger partial charge in [0.1, 0.15) is 0 Å². The van der Waals surface area contributed by atoms with Gasteiger partial charge in [0.2, 0.25) is 0 Å². The fourth-order valence-corrected chi connectivity index (χ4v) is 8.29. The van der Waals surface area contributed by atoms with Crippen LogP contribution in [0.1, 0.15) is 27.7 Å². The minimum atomic E-state index is -1.63. The first kappa shape index (κ1) is 14.5. The van der Waals surface area contributed by atoms with Gasteiger partial charge < -0.3 is 9.15 Å². The Morgan fingerprint density at radius 1 is 1.18 bits per heavy atom. The van der Waals surface area contributed by atoms with E-state index in [1.54, 1.807) is 6.26 Å². The molecule has 0 saturated heterocycles. The molecule has 3 heteroatoms. The summed E-state index contributed by atoms with van der Waals surface area (Å²) in [5.41, 5.74) is 0. The van der Waals surface area contributed by atoms with E-state index in [1.165, 1.54) is 17.5 Å². The Hall–Kier alpha value is -0.543. The average Bonchev–Trinajstić information content (AvgIpc) is 2.68. The highest BCUT2D eigenvalue weighted by Gasteiger charge is 2.39. The molecule has 0 N–H and O–H groups in total. The summed E-state index contributed by atoms with van der Waals surface area (Å²) in [6, 6.07) is 6.64. The Balaban J connectivity index is 3.01. The molecule has 0 atom stereocenters. The molecule has 1 aromatic heterocycles. The normalized spacial score (nSPS) is 12.6. The van der Waals surface area contributed by atoms with Crippen molar-refractivity contribution in [1.29, 1.82) is 0 Å². The zero-order valence-corrected chi connectivity index (χ0v) is 12.8. The Kier molecular flexibility index (Phi) is 5.47. The molecule has 0 aliphatic heterocycles. The van der Waals surface area contributed by atoms with Crippen molar-refractivity contribution in [2.75, 3.05) is 13.3 Å². The third-order valence-electron chi connectivity index (χ3n) is 3.06. The highest BCUT2D eigenvalue weighted by atomic mass is 28.3. The van der Waals surface area contributed by atoms with E-state index in [1.807, 2.05) is 13.2 Å². The van der Waals surface area contributed by atoms with Crippen molar-refractivity contribution in [3.63, 3.8) is 0 Å². The standard InChI is InChI=1S/C14H26O2Si/c1-12(2)9-17(11-15-5,10-13(3)4)14-7-6-8-16-14/h6-8,12-13H,9-11H2,1-5H3. The summed E-state index contributed by atoms with van der Waals surface area (Å²) in [4.78, 5) is 0. The number of furan rings is 1. The van der Waals surface area contributed by atoms with Crippen LogP contribution >= 0.6 is 0 Å². The molecule has 0 spiro atoms. The van der Waals surface area contributed by atoms with E-state index in [2.05, 4.69) is 33.8 Å². The molecule has 0 radical (unpaired) electrons. The van der Waals surface area contributed by atoms with Crippen molar-refractivity contribution in [2.45, 2.75) is 39.8 Å². The van der Waals surface area contributed by atoms with Crippen LogP contribution in [-0.4, -0.2) is 21.4 Å². The van der Waals surface area contributed by atoms with Crippen LogP contribution in [0.15, 0.2) is 22.8 Å². The number of hydrogen-bond donors (Lipinski definition) is 0. The van der Waals surface area contributed by atoms with Crippen molar-refractivity contribution < 1.29 is 9.15 Å². The number of methoxy groups -OCH3 is 1. The van der Waals surface area contributed by atoms with Gasteiger partial charge in [0.15, 0.2) is 8.07 Å². The minimum Gasteiger partial charge on any atom is -0.474 e. The van der Waals surface area contributed by atoms with Crippen molar-refractivity contribution in [3.8, 4) is 0 Å². The van der Waals surface area contributed by atoms with E-state index in [9.17, 15) is 0 Å². The van der Waals surface area contributed by atoms with Gasteiger partial charge in [-0.3, -0.25) is 0 Å². The lowest BCUT2D eigenvalue weighted by atomic mass is 10.3. The number of ether oxygens (including phenoxy) is 1. The maximum atomic E-state index is 5.74. The van der Waals surface area contributed by atoms with E-state index in [0.717, 1.165) is 6.23 Å². The van der Waals surface area contributed by atoms with Crippen molar-refractivity contribution in [2.24, 2.45) is 11.8 Å². The Morgan fingerprint density at radius 2 is 1.76 bits per heavy atom. The summed E-state index contributed by atoms with van der Waals surface area (Å²) in [5, 5.41) is 1.21. The quantitative estimate of drug-likeness (QED) is 0.696. The van der Waals surface area contributed by atoms with Crippen molar-refractivity contribution >= 4 is 13.5 Å². The van der Waals surface area contributed by atoms with Gasteiger partial charge in [-0.05, 0) is 36.1 Å². The van der Waals surface area contributed by atoms with Gasteiger partial charge in [-0.1, -0.05) is 27.7 Å². The molecule has 0 aromatic carbocycles. The molecule has 0 unspecified atom stereocenters. The van der Waals surface area contributed by atoms with Crippen LogP contribution in [0.3, 0.4) is 0 Å². The molecule has 0 bridgehead atoms. The van der Waals surface area contributed by atoms with E-state index in [0.29, 0.717) is 11.8 Å². The first-order chi connectivity index (χ1) is 8.00. The molecule has 1 rings (SSSR count). The molecule has 98 valence electrons. The molecule has 0 saturated carbocycles. The molecule has 0 amide bonds. The summed E-state index contributed by atoms with van der Waals surface area (Å²) < 4.78 is 11.3. The zero-order chi connectivity index (χ0) is 12.9. The fourth-order valence-electron chi connectivity index (χ4n) is 2.89. The molecule has 1 heterocycles. The summed E-state index contributed by atoms with van der Waals surface area (Å²) in [7, 11) is 0.176. The second kappa shape index (κ2) is 6.41. The number of hydrogen-bond acceptors (Lipinski definition) is 2. The van der Waals surface area contributed by atoms with Gasteiger partial charge in [0, 0.05) is 13.3 Å². The predicted molar refractivity (Wildman–Crippen MR) is 75.3 cm³/mol. The Morgan fingerprint density at radius 3 is 2.12 bits per heavy atom. The van der Waals surface area contributed by atoms with Crippen LogP contribution < -0.4 is 5.38 Å². The summed E-state index contributed by atoms with van der Waals surface area (Å²) in [5.74, 6) is 1.39. The van der Waals surface area contributed by atoms with Gasteiger partial charge in [-0.2, -0.15) is 0 Å². The predicted octanol–water partition coefficient (Wildman–Crippen LogP) is 3.43. The van der Waals surface area contributed by atoms with Crippen LogP contribution in [0.2, 0.25) is 12.1 Å². The molecule has 0 fully saturated rings. The lowest BCUT2D eigenvalue weighted by Gasteiger charge is -2.32. The molecule has 17 heavy (non-hydrogen) atoms. The molecule has 0 aliphatic carbocycles. The van der Waals surface area contributed by atoms with Crippen LogP contribution in [0.4, 0.5) is 0 Å². The van der Waals surface area contributed by atoms with E-state index < -0.39 is 8.07 Å². The average molecular weight is 254 g/mol. The molecule has 1 aromatic rings. The van der Waals surface area contributed by atoms with Gasteiger partial charge in [0.05, 0.1) is 11.6 Å². The smallest absolute Gasteiger partial charge is 0.160 e. The SMILES string of the molecule is COC[Si](CC(C)C)(CC(C)C)c1ccco1. The molecule has 0 aliphatic rings. The molecular weight excluding hydrogens is 228 g/mol. The molecular formula is C14H26O2Si. The maximum Gasteiger partial charge on any atom is 0.160 e. The highest BCUT2D eigenvalue weighted by molar-refractivity contribution is 6.91. The summed E-state index contributed by atoms with van der Waals surface area (Å²) in [6.45, 7) is 9.17. The molecule has 2 nitrogen and oxygen atoms in total. The lowest BCUT2D eigenvalue weighted by molar-refractivity contribution is 0.243.